The molecule has 0 amide bonds. The summed E-state index contributed by atoms with van der Waals surface area (Å²) < 4.78 is 5.40. The Morgan fingerprint density at radius 2 is 2.00 bits per heavy atom. The van der Waals surface area contributed by atoms with Crippen LogP contribution in [0.15, 0.2) is 30.9 Å². The number of rotatable bonds is 6. The molecule has 0 atom stereocenters. The van der Waals surface area contributed by atoms with Crippen molar-refractivity contribution in [3.05, 3.63) is 36.4 Å². The second kappa shape index (κ2) is 6.70. The van der Waals surface area contributed by atoms with Crippen LogP contribution in [0.25, 0.3) is 0 Å². The average Bonchev–Trinajstić information content (AvgIpc) is 2.52. The number of ether oxygens (including phenoxy) is 1. The number of hydrogen-bond acceptors (Lipinski definition) is 6. The van der Waals surface area contributed by atoms with Gasteiger partial charge in [-0.2, -0.15) is 0 Å². The highest BCUT2D eigenvalue weighted by molar-refractivity contribution is 5.64. The van der Waals surface area contributed by atoms with E-state index in [1.54, 1.807) is 19.5 Å². The summed E-state index contributed by atoms with van der Waals surface area (Å²) in [4.78, 5) is 14.5. The summed E-state index contributed by atoms with van der Waals surface area (Å²) in [5.74, 6) is 2.13. The Balaban J connectivity index is 2.11. The van der Waals surface area contributed by atoms with Crippen LogP contribution in [0.1, 0.15) is 5.56 Å². The molecule has 1 N–H and O–H groups in total. The Hall–Kier alpha value is -2.37. The molecule has 0 saturated heterocycles. The van der Waals surface area contributed by atoms with Crippen molar-refractivity contribution in [3.63, 3.8) is 0 Å². The Bertz CT molecular complexity index is 547. The van der Waals surface area contributed by atoms with Gasteiger partial charge in [0.1, 0.15) is 6.33 Å². The number of likely N-dealkylation sites (N-methyl/N-ethyl adjacent to an activating group) is 1. The van der Waals surface area contributed by atoms with Gasteiger partial charge in [-0.3, -0.25) is 4.98 Å². The van der Waals surface area contributed by atoms with E-state index in [0.717, 1.165) is 18.8 Å². The molecule has 0 aliphatic carbocycles. The van der Waals surface area contributed by atoms with Crippen molar-refractivity contribution in [2.75, 3.05) is 38.0 Å². The lowest BCUT2D eigenvalue weighted by Gasteiger charge is -2.21. The van der Waals surface area contributed by atoms with Crippen molar-refractivity contribution in [2.24, 2.45) is 0 Å². The van der Waals surface area contributed by atoms with E-state index in [1.165, 1.54) is 11.9 Å². The quantitative estimate of drug-likeness (QED) is 0.862. The predicted octanol–water partition coefficient (Wildman–Crippen LogP) is 1.60. The van der Waals surface area contributed by atoms with Gasteiger partial charge in [-0.25, -0.2) is 9.97 Å². The summed E-state index contributed by atoms with van der Waals surface area (Å²) in [6, 6.07) is 4.04. The minimum Gasteiger partial charge on any atom is -0.490 e. The maximum atomic E-state index is 5.40. The molecule has 20 heavy (non-hydrogen) atoms. The van der Waals surface area contributed by atoms with Gasteiger partial charge in [-0.05, 0) is 24.1 Å². The Morgan fingerprint density at radius 3 is 2.65 bits per heavy atom. The fraction of sp³-hybridized carbons (Fsp3) is 0.357. The van der Waals surface area contributed by atoms with Crippen molar-refractivity contribution in [1.29, 1.82) is 0 Å². The van der Waals surface area contributed by atoms with E-state index < -0.39 is 0 Å². The molecule has 0 saturated carbocycles. The van der Waals surface area contributed by atoms with Crippen LogP contribution in [-0.2, 0) is 6.42 Å². The first-order valence-corrected chi connectivity index (χ1v) is 6.43. The van der Waals surface area contributed by atoms with Crippen LogP contribution in [0.3, 0.4) is 0 Å². The maximum absolute atomic E-state index is 5.40. The molecule has 0 aromatic carbocycles. The number of nitrogens with one attached hydrogen (secondary N) is 1. The second-order valence-corrected chi connectivity index (χ2v) is 4.36. The van der Waals surface area contributed by atoms with Crippen LogP contribution < -0.4 is 15.0 Å². The molecule has 0 unspecified atom stereocenters. The fourth-order valence-corrected chi connectivity index (χ4v) is 1.95. The Labute approximate surface area is 118 Å². The van der Waals surface area contributed by atoms with Gasteiger partial charge in [0.15, 0.2) is 11.6 Å². The van der Waals surface area contributed by atoms with Crippen molar-refractivity contribution in [2.45, 2.75) is 6.42 Å². The Kier molecular flexibility index (Phi) is 4.70. The molecular weight excluding hydrogens is 254 g/mol. The molecule has 0 radical (unpaired) electrons. The minimum atomic E-state index is 0.659. The lowest BCUT2D eigenvalue weighted by molar-refractivity contribution is 0.413. The zero-order valence-corrected chi connectivity index (χ0v) is 12.0. The average molecular weight is 273 g/mol. The van der Waals surface area contributed by atoms with Crippen LogP contribution in [-0.4, -0.2) is 42.7 Å². The largest absolute Gasteiger partial charge is 0.490 e. The summed E-state index contributed by atoms with van der Waals surface area (Å²) in [5, 5.41) is 3.00. The molecule has 6 nitrogen and oxygen atoms in total. The summed E-state index contributed by atoms with van der Waals surface area (Å²) in [6.45, 7) is 0.834. The van der Waals surface area contributed by atoms with Gasteiger partial charge in [0.2, 0.25) is 5.75 Å². The molecule has 0 spiro atoms. The molecular formula is C14H19N5O. The lowest BCUT2D eigenvalue weighted by Crippen LogP contribution is -2.22. The normalized spacial score (nSPS) is 10.2. The number of nitrogens with zero attached hydrogens (tertiary/aromatic N) is 4. The molecule has 0 aliphatic rings. The fourth-order valence-electron chi connectivity index (χ4n) is 1.95. The molecule has 0 aliphatic heterocycles. The monoisotopic (exact) mass is 273 g/mol. The van der Waals surface area contributed by atoms with Crippen LogP contribution in [0.2, 0.25) is 0 Å². The zero-order valence-electron chi connectivity index (χ0n) is 12.0. The number of methoxy groups -OCH3 is 1. The highest BCUT2D eigenvalue weighted by Gasteiger charge is 2.14. The van der Waals surface area contributed by atoms with Crippen molar-refractivity contribution in [3.8, 4) is 5.75 Å². The van der Waals surface area contributed by atoms with Crippen LogP contribution in [0.4, 0.5) is 11.6 Å². The van der Waals surface area contributed by atoms with E-state index in [2.05, 4.69) is 25.2 Å². The molecule has 2 rings (SSSR count). The summed E-state index contributed by atoms with van der Waals surface area (Å²) in [7, 11) is 5.43. The van der Waals surface area contributed by atoms with Gasteiger partial charge in [-0.15, -0.1) is 0 Å². The van der Waals surface area contributed by atoms with Gasteiger partial charge >= 0.3 is 0 Å². The van der Waals surface area contributed by atoms with Crippen LogP contribution >= 0.6 is 0 Å². The first kappa shape index (κ1) is 14.0. The van der Waals surface area contributed by atoms with Gasteiger partial charge in [0.25, 0.3) is 0 Å². The van der Waals surface area contributed by atoms with Gasteiger partial charge in [0.05, 0.1) is 7.11 Å². The molecule has 2 aromatic heterocycles. The molecule has 106 valence electrons. The second-order valence-electron chi connectivity index (χ2n) is 4.36. The minimum absolute atomic E-state index is 0.659. The van der Waals surface area contributed by atoms with E-state index in [0.29, 0.717) is 11.6 Å². The summed E-state index contributed by atoms with van der Waals surface area (Å²) in [5.41, 5.74) is 1.24. The first-order valence-electron chi connectivity index (χ1n) is 6.43. The highest BCUT2D eigenvalue weighted by Crippen LogP contribution is 2.30. The Morgan fingerprint density at radius 1 is 1.25 bits per heavy atom. The van der Waals surface area contributed by atoms with E-state index >= 15 is 0 Å². The molecule has 6 heteroatoms. The highest BCUT2D eigenvalue weighted by atomic mass is 16.5. The van der Waals surface area contributed by atoms with Crippen molar-refractivity contribution >= 4 is 11.6 Å². The SMILES string of the molecule is CNc1ncnc(N(C)CCc2ccncc2)c1OC. The van der Waals surface area contributed by atoms with E-state index in [1.807, 2.05) is 26.2 Å². The molecule has 2 heterocycles. The van der Waals surface area contributed by atoms with Crippen molar-refractivity contribution < 1.29 is 4.74 Å². The zero-order chi connectivity index (χ0) is 14.4. The number of hydrogen-bond donors (Lipinski definition) is 1. The van der Waals surface area contributed by atoms with E-state index in [-0.39, 0.29) is 0 Å². The third kappa shape index (κ3) is 3.14. The number of anilines is 2. The molecule has 0 fully saturated rings. The standard InChI is InChI=1S/C14H19N5O/c1-15-13-12(20-3)14(18-10-17-13)19(2)9-6-11-4-7-16-8-5-11/h4-5,7-8,10H,6,9H2,1-3H3,(H,15,17,18). The predicted molar refractivity (Wildman–Crippen MR) is 79.3 cm³/mol. The molecule has 2 aromatic rings. The van der Waals surface area contributed by atoms with E-state index in [9.17, 15) is 0 Å². The maximum Gasteiger partial charge on any atom is 0.204 e. The first-order chi connectivity index (χ1) is 9.76. The lowest BCUT2D eigenvalue weighted by atomic mass is 10.2. The smallest absolute Gasteiger partial charge is 0.204 e. The topological polar surface area (TPSA) is 63.2 Å². The van der Waals surface area contributed by atoms with Crippen LogP contribution in [0, 0.1) is 0 Å². The summed E-state index contributed by atoms with van der Waals surface area (Å²) in [6.07, 6.45) is 6.06. The third-order valence-electron chi connectivity index (χ3n) is 3.07. The van der Waals surface area contributed by atoms with Crippen molar-refractivity contribution in [1.82, 2.24) is 15.0 Å². The third-order valence-corrected chi connectivity index (χ3v) is 3.07. The number of aromatic nitrogens is 3. The van der Waals surface area contributed by atoms with Gasteiger partial charge in [0, 0.05) is 33.0 Å². The molecule has 0 bridgehead atoms. The van der Waals surface area contributed by atoms with E-state index in [4.69, 9.17) is 4.74 Å². The summed E-state index contributed by atoms with van der Waals surface area (Å²) >= 11 is 0. The van der Waals surface area contributed by atoms with Gasteiger partial charge in [-0.1, -0.05) is 0 Å². The van der Waals surface area contributed by atoms with Gasteiger partial charge < -0.3 is 15.0 Å². The number of pyridine rings is 1. The van der Waals surface area contributed by atoms with Crippen LogP contribution in [0.5, 0.6) is 5.75 Å².